The normalized spacial score (nSPS) is 14.8. The number of aromatic hydroxyl groups is 1. The number of aliphatic carboxylic acids is 2. The van der Waals surface area contributed by atoms with E-state index in [-0.39, 0.29) is 23.5 Å². The molecule has 0 spiro atoms. The van der Waals surface area contributed by atoms with Crippen molar-refractivity contribution in [1.82, 2.24) is 25.8 Å². The lowest BCUT2D eigenvalue weighted by atomic mass is 9.88. The van der Waals surface area contributed by atoms with Gasteiger partial charge in [-0.15, -0.1) is 0 Å². The number of amides is 6. The molecule has 314 valence electrons. The second-order valence-corrected chi connectivity index (χ2v) is 17.9. The highest BCUT2D eigenvalue weighted by molar-refractivity contribution is 14.1. The smallest absolute Gasteiger partial charge is 0.326 e. The lowest BCUT2D eigenvalue weighted by Crippen LogP contribution is -2.64. The van der Waals surface area contributed by atoms with Gasteiger partial charge in [-0.05, 0) is 93.0 Å². The van der Waals surface area contributed by atoms with E-state index in [0.29, 0.717) is 12.7 Å². The van der Waals surface area contributed by atoms with Crippen molar-refractivity contribution in [2.45, 2.75) is 110 Å². The largest absolute Gasteiger partial charge is 0.506 e. The van der Waals surface area contributed by atoms with Gasteiger partial charge >= 0.3 is 11.9 Å². The number of carbonyl (C=O) groups is 8. The SMILES string of the molecule is CC(C)[C@H](NC(=O)[C@@H](N)Cc1cc(I)c(O)c(I)c1)C(=O)N[C@H](C(=O)N(C(=O)[C@@H](N)CC(=O)N(C)C)[C@@H](CC(=O)O)C(=O)N[C@@H](CC(C)(C)C)C(=O)O)C(C)C. The van der Waals surface area contributed by atoms with Gasteiger partial charge in [-0.1, -0.05) is 48.5 Å². The Morgan fingerprint density at radius 2 is 1.25 bits per heavy atom. The third-order valence-corrected chi connectivity index (χ3v) is 10.1. The molecule has 0 saturated heterocycles. The zero-order chi connectivity index (χ0) is 43.6. The Balaban J connectivity index is 3.65. The second kappa shape index (κ2) is 21.8. The van der Waals surface area contributed by atoms with Gasteiger partial charge in [0.2, 0.25) is 29.5 Å². The maximum atomic E-state index is 14.5. The van der Waals surface area contributed by atoms with Crippen molar-refractivity contribution in [3.8, 4) is 5.75 Å². The predicted octanol–water partition coefficient (Wildman–Crippen LogP) is 0.763. The molecule has 1 rings (SSSR count). The number of hydrogen-bond acceptors (Lipinski definition) is 11. The Bertz CT molecular complexity index is 1630. The minimum Gasteiger partial charge on any atom is -0.506 e. The Morgan fingerprint density at radius 1 is 0.750 bits per heavy atom. The number of hydrogen-bond donors (Lipinski definition) is 8. The van der Waals surface area contributed by atoms with Crippen LogP contribution in [0.3, 0.4) is 0 Å². The lowest BCUT2D eigenvalue weighted by Gasteiger charge is -2.36. The van der Waals surface area contributed by atoms with Gasteiger partial charge < -0.3 is 47.6 Å². The van der Waals surface area contributed by atoms with E-state index in [9.17, 15) is 53.7 Å². The number of benzene rings is 1. The highest BCUT2D eigenvalue weighted by Gasteiger charge is 2.44. The molecule has 0 unspecified atom stereocenters. The van der Waals surface area contributed by atoms with E-state index >= 15 is 0 Å². The molecule has 0 aliphatic rings. The number of rotatable bonds is 19. The van der Waals surface area contributed by atoms with Gasteiger partial charge in [-0.3, -0.25) is 38.5 Å². The van der Waals surface area contributed by atoms with E-state index in [1.165, 1.54) is 27.9 Å². The van der Waals surface area contributed by atoms with Crippen LogP contribution in [-0.2, 0) is 44.8 Å². The number of phenols is 1. The maximum Gasteiger partial charge on any atom is 0.326 e. The molecule has 20 heteroatoms. The highest BCUT2D eigenvalue weighted by atomic mass is 127. The summed E-state index contributed by atoms with van der Waals surface area (Å²) in [4.78, 5) is 108. The monoisotopic (exact) mass is 1020 g/mol. The summed E-state index contributed by atoms with van der Waals surface area (Å²) in [6.07, 6.45) is -1.89. The Labute approximate surface area is 353 Å². The van der Waals surface area contributed by atoms with Crippen LogP contribution in [0, 0.1) is 24.4 Å². The van der Waals surface area contributed by atoms with Gasteiger partial charge in [0.15, 0.2) is 0 Å². The number of nitrogens with two attached hydrogens (primary N) is 2. The van der Waals surface area contributed by atoms with Crippen LogP contribution < -0.4 is 27.4 Å². The molecule has 0 aliphatic carbocycles. The number of nitrogens with one attached hydrogen (secondary N) is 3. The van der Waals surface area contributed by atoms with Crippen molar-refractivity contribution >= 4 is 92.6 Å². The first-order valence-corrected chi connectivity index (χ1v) is 19.9. The number of halogens is 2. The standard InChI is InChI=1S/C36H55I2N7O11/c1-16(2)27(42-30(50)21(39)12-18-10-19(37)29(49)20(38)11-18)32(52)43-28(17(3)4)34(54)45(33(53)22(40)13-25(46)44(8)9)24(14-26(47)48)31(51)41-23(35(55)56)15-36(5,6)7/h10-11,16-17,21-24,27-28,49H,12-15,39-40H2,1-9H3,(H,41,51)(H,42,50)(H,43,52)(H,47,48)(H,55,56)/t21-,22-,23-,24-,27-,28-/m0/s1. The number of phenolic OH excluding ortho intramolecular Hbond substituents is 1. The summed E-state index contributed by atoms with van der Waals surface area (Å²) >= 11 is 3.89. The summed E-state index contributed by atoms with van der Waals surface area (Å²) in [5.74, 6) is -10.5. The first-order chi connectivity index (χ1) is 25.6. The number of imide groups is 1. The fraction of sp³-hybridized carbons (Fsp3) is 0.611. The third kappa shape index (κ3) is 15.4. The Hall–Kier alpha value is -3.64. The molecule has 0 bridgehead atoms. The van der Waals surface area contributed by atoms with E-state index in [4.69, 9.17) is 11.5 Å². The molecule has 10 N–H and O–H groups in total. The van der Waals surface area contributed by atoms with Crippen LogP contribution in [0.2, 0.25) is 0 Å². The third-order valence-electron chi connectivity index (χ3n) is 8.45. The molecular formula is C36H55I2N7O11. The molecule has 0 saturated carbocycles. The van der Waals surface area contributed by atoms with E-state index in [1.54, 1.807) is 46.8 Å². The fourth-order valence-electron chi connectivity index (χ4n) is 5.38. The van der Waals surface area contributed by atoms with Crippen LogP contribution in [0.4, 0.5) is 0 Å². The van der Waals surface area contributed by atoms with Crippen LogP contribution in [0.1, 0.15) is 73.3 Å². The van der Waals surface area contributed by atoms with E-state index in [2.05, 4.69) is 16.0 Å². The molecule has 0 aromatic heterocycles. The Morgan fingerprint density at radius 3 is 1.68 bits per heavy atom. The first kappa shape index (κ1) is 50.4. The minimum absolute atomic E-state index is 0.0524. The van der Waals surface area contributed by atoms with E-state index in [0.717, 1.165) is 4.90 Å². The van der Waals surface area contributed by atoms with E-state index < -0.39 is 114 Å². The van der Waals surface area contributed by atoms with Gasteiger partial charge in [0.25, 0.3) is 5.91 Å². The van der Waals surface area contributed by atoms with Crippen molar-refractivity contribution < 1.29 is 53.7 Å². The van der Waals surface area contributed by atoms with Crippen LogP contribution >= 0.6 is 45.2 Å². The van der Waals surface area contributed by atoms with Gasteiger partial charge in [0.1, 0.15) is 29.9 Å². The van der Waals surface area contributed by atoms with Gasteiger partial charge in [0, 0.05) is 14.1 Å². The lowest BCUT2D eigenvalue weighted by molar-refractivity contribution is -0.158. The number of carbonyl (C=O) groups excluding carboxylic acids is 6. The quantitative estimate of drug-likeness (QED) is 0.0890. The average molecular weight is 1020 g/mol. The molecule has 56 heavy (non-hydrogen) atoms. The average Bonchev–Trinajstić information content (AvgIpc) is 3.05. The van der Waals surface area contributed by atoms with Crippen LogP contribution in [0.25, 0.3) is 0 Å². The summed E-state index contributed by atoms with van der Waals surface area (Å²) in [5.41, 5.74) is 12.3. The van der Waals surface area contributed by atoms with E-state index in [1.807, 2.05) is 45.2 Å². The molecule has 0 radical (unpaired) electrons. The molecular weight excluding hydrogens is 960 g/mol. The molecule has 1 aromatic carbocycles. The summed E-state index contributed by atoms with van der Waals surface area (Å²) in [6.45, 7) is 11.3. The molecule has 1 aromatic rings. The molecule has 18 nitrogen and oxygen atoms in total. The topological polar surface area (TPSA) is 292 Å². The number of nitrogens with zero attached hydrogens (tertiary/aromatic N) is 2. The summed E-state index contributed by atoms with van der Waals surface area (Å²) < 4.78 is 1.10. The van der Waals surface area contributed by atoms with Crippen molar-refractivity contribution in [3.63, 3.8) is 0 Å². The summed E-state index contributed by atoms with van der Waals surface area (Å²) in [6, 6.07) is -6.21. The number of carboxylic acids is 2. The van der Waals surface area contributed by atoms with Crippen LogP contribution in [0.15, 0.2) is 12.1 Å². The number of carboxylic acid groups (broad SMARTS) is 2. The zero-order valence-electron chi connectivity index (χ0n) is 33.0. The van der Waals surface area contributed by atoms with Gasteiger partial charge in [-0.25, -0.2) is 4.79 Å². The van der Waals surface area contributed by atoms with Gasteiger partial charge in [-0.2, -0.15) is 0 Å². The predicted molar refractivity (Wildman–Crippen MR) is 222 cm³/mol. The van der Waals surface area contributed by atoms with Crippen molar-refractivity contribution in [1.29, 1.82) is 0 Å². The first-order valence-electron chi connectivity index (χ1n) is 17.7. The van der Waals surface area contributed by atoms with Crippen molar-refractivity contribution in [3.05, 3.63) is 24.8 Å². The van der Waals surface area contributed by atoms with Crippen molar-refractivity contribution in [2.75, 3.05) is 14.1 Å². The van der Waals surface area contributed by atoms with Crippen molar-refractivity contribution in [2.24, 2.45) is 28.7 Å². The summed E-state index contributed by atoms with van der Waals surface area (Å²) in [5, 5.41) is 37.2. The maximum absolute atomic E-state index is 14.5. The molecule has 6 amide bonds. The second-order valence-electron chi connectivity index (χ2n) is 15.6. The minimum atomic E-state index is -2.17. The molecule has 0 fully saturated rings. The fourth-order valence-corrected chi connectivity index (χ4v) is 7.28. The molecule has 0 heterocycles. The zero-order valence-corrected chi connectivity index (χ0v) is 37.3. The summed E-state index contributed by atoms with van der Waals surface area (Å²) in [7, 11) is 2.78. The van der Waals surface area contributed by atoms with Gasteiger partial charge in [0.05, 0.1) is 32.1 Å². The highest BCUT2D eigenvalue weighted by Crippen LogP contribution is 2.28. The van der Waals surface area contributed by atoms with Crippen LogP contribution in [-0.4, -0.2) is 123 Å². The van der Waals surface area contributed by atoms with Crippen LogP contribution in [0.5, 0.6) is 5.75 Å². The Kier molecular flexibility index (Phi) is 19.6. The molecule has 0 aliphatic heterocycles. The molecule has 6 atom stereocenters.